The Morgan fingerprint density at radius 3 is 2.62 bits per heavy atom. The van der Waals surface area contributed by atoms with E-state index >= 15 is 0 Å². The first kappa shape index (κ1) is 14.1. The molecule has 2 aliphatic rings. The van der Waals surface area contributed by atoms with Gasteiger partial charge in [0.2, 0.25) is 0 Å². The second-order valence-corrected chi connectivity index (χ2v) is 6.89. The highest BCUT2D eigenvalue weighted by atomic mass is 16.5. The van der Waals surface area contributed by atoms with Gasteiger partial charge in [0, 0.05) is 38.6 Å². The molecule has 1 atom stereocenters. The molecule has 0 saturated carbocycles. The molecule has 1 saturated heterocycles. The van der Waals surface area contributed by atoms with Crippen LogP contribution >= 0.6 is 0 Å². The van der Waals surface area contributed by atoms with Crippen LogP contribution in [0.3, 0.4) is 0 Å². The Morgan fingerprint density at radius 2 is 1.75 bits per heavy atom. The van der Waals surface area contributed by atoms with Crippen molar-refractivity contribution in [3.05, 3.63) is 59.7 Å². The summed E-state index contributed by atoms with van der Waals surface area (Å²) in [5.74, 6) is 1.72. The minimum atomic E-state index is 0.723. The van der Waals surface area contributed by atoms with Crippen LogP contribution in [-0.2, 0) is 6.42 Å². The number of rotatable bonds is 3. The number of fused-ring (bicyclic) bond motifs is 2. The van der Waals surface area contributed by atoms with Crippen LogP contribution < -0.4 is 4.90 Å². The van der Waals surface area contributed by atoms with Crippen LogP contribution in [0.2, 0.25) is 0 Å². The molecule has 1 fully saturated rings. The summed E-state index contributed by atoms with van der Waals surface area (Å²) in [7, 11) is 0. The fourth-order valence-corrected chi connectivity index (χ4v) is 4.08. The number of anilines is 1. The van der Waals surface area contributed by atoms with Gasteiger partial charge in [0.05, 0.1) is 5.39 Å². The van der Waals surface area contributed by atoms with Crippen LogP contribution in [0.15, 0.2) is 53.1 Å². The molecule has 5 rings (SSSR count). The average molecular weight is 319 g/mol. The molecule has 2 aromatic carbocycles. The van der Waals surface area contributed by atoms with E-state index in [1.54, 1.807) is 5.56 Å². The lowest BCUT2D eigenvalue weighted by molar-refractivity contribution is 0.233. The van der Waals surface area contributed by atoms with Gasteiger partial charge in [-0.05, 0) is 29.7 Å². The van der Waals surface area contributed by atoms with Gasteiger partial charge in [-0.25, -0.2) is 0 Å². The summed E-state index contributed by atoms with van der Waals surface area (Å²) in [6.07, 6.45) is 1.24. The second kappa shape index (κ2) is 5.64. The maximum Gasteiger partial charge on any atom is 0.180 e. The molecule has 0 N–H and O–H groups in total. The standard InChI is InChI=1S/C20H21N3O/c1-2-6-17-15(5-1)13-16(17)14-22-9-11-23(12-10-22)20-18-7-3-4-8-19(18)24-21-20/h1-8,16H,9-14H2. The van der Waals surface area contributed by atoms with E-state index < -0.39 is 0 Å². The number of hydrogen-bond donors (Lipinski definition) is 0. The van der Waals surface area contributed by atoms with Crippen molar-refractivity contribution in [3.8, 4) is 0 Å². The maximum absolute atomic E-state index is 5.45. The van der Waals surface area contributed by atoms with Gasteiger partial charge in [-0.3, -0.25) is 4.90 Å². The number of hydrogen-bond acceptors (Lipinski definition) is 4. The molecule has 122 valence electrons. The summed E-state index contributed by atoms with van der Waals surface area (Å²) < 4.78 is 5.45. The average Bonchev–Trinajstić information content (AvgIpc) is 3.04. The summed E-state index contributed by atoms with van der Waals surface area (Å²) in [4.78, 5) is 4.95. The molecule has 0 bridgehead atoms. The number of benzene rings is 2. The molecule has 24 heavy (non-hydrogen) atoms. The topological polar surface area (TPSA) is 32.5 Å². The lowest BCUT2D eigenvalue weighted by Crippen LogP contribution is -2.48. The van der Waals surface area contributed by atoms with E-state index in [0.29, 0.717) is 0 Å². The largest absolute Gasteiger partial charge is 0.354 e. The van der Waals surface area contributed by atoms with Crippen molar-refractivity contribution in [3.63, 3.8) is 0 Å². The Morgan fingerprint density at radius 1 is 0.958 bits per heavy atom. The molecule has 2 heterocycles. The number of aromatic nitrogens is 1. The summed E-state index contributed by atoms with van der Waals surface area (Å²) in [5, 5.41) is 5.42. The fourth-order valence-electron chi connectivity index (χ4n) is 4.08. The maximum atomic E-state index is 5.45. The van der Waals surface area contributed by atoms with Crippen molar-refractivity contribution in [1.29, 1.82) is 0 Å². The molecule has 4 nitrogen and oxygen atoms in total. The number of piperazine rings is 1. The molecule has 1 aromatic heterocycles. The van der Waals surface area contributed by atoms with Crippen molar-refractivity contribution in [2.24, 2.45) is 0 Å². The predicted octanol–water partition coefficient (Wildman–Crippen LogP) is 3.29. The van der Waals surface area contributed by atoms with Crippen molar-refractivity contribution in [1.82, 2.24) is 10.1 Å². The van der Waals surface area contributed by atoms with Crippen molar-refractivity contribution < 1.29 is 4.52 Å². The highest BCUT2D eigenvalue weighted by Crippen LogP contribution is 2.35. The summed E-state index contributed by atoms with van der Waals surface area (Å²) >= 11 is 0. The van der Waals surface area contributed by atoms with E-state index in [-0.39, 0.29) is 0 Å². The highest BCUT2D eigenvalue weighted by Gasteiger charge is 2.29. The van der Waals surface area contributed by atoms with E-state index in [1.807, 2.05) is 18.2 Å². The lowest BCUT2D eigenvalue weighted by atomic mass is 9.77. The first-order chi connectivity index (χ1) is 11.9. The zero-order valence-corrected chi connectivity index (χ0v) is 13.7. The SMILES string of the molecule is c1ccc2c(c1)CC2CN1CCN(c2noc3ccccc23)CC1. The number of para-hydroxylation sites is 1. The Hall–Kier alpha value is -2.33. The Bertz CT molecular complexity index is 864. The second-order valence-electron chi connectivity index (χ2n) is 6.89. The van der Waals surface area contributed by atoms with Crippen LogP contribution in [0.4, 0.5) is 5.82 Å². The minimum Gasteiger partial charge on any atom is -0.354 e. The normalized spacial score (nSPS) is 20.8. The third-order valence-electron chi connectivity index (χ3n) is 5.47. The molecule has 0 radical (unpaired) electrons. The summed E-state index contributed by atoms with van der Waals surface area (Å²) in [5.41, 5.74) is 3.97. The Kier molecular flexibility index (Phi) is 3.30. The van der Waals surface area contributed by atoms with Gasteiger partial charge < -0.3 is 9.42 Å². The molecular weight excluding hydrogens is 298 g/mol. The van der Waals surface area contributed by atoms with Gasteiger partial charge in [0.25, 0.3) is 0 Å². The van der Waals surface area contributed by atoms with Crippen LogP contribution in [0.1, 0.15) is 17.0 Å². The van der Waals surface area contributed by atoms with Gasteiger partial charge in [0.1, 0.15) is 0 Å². The van der Waals surface area contributed by atoms with E-state index in [0.717, 1.165) is 48.9 Å². The van der Waals surface area contributed by atoms with Crippen molar-refractivity contribution >= 4 is 16.8 Å². The predicted molar refractivity (Wildman–Crippen MR) is 95.5 cm³/mol. The lowest BCUT2D eigenvalue weighted by Gasteiger charge is -2.39. The molecule has 0 amide bonds. The highest BCUT2D eigenvalue weighted by molar-refractivity contribution is 5.88. The summed E-state index contributed by atoms with van der Waals surface area (Å²) in [6, 6.07) is 17.0. The summed E-state index contributed by atoms with van der Waals surface area (Å²) in [6.45, 7) is 5.42. The molecule has 4 heteroatoms. The first-order valence-corrected chi connectivity index (χ1v) is 8.78. The molecule has 0 spiro atoms. The van der Waals surface area contributed by atoms with Gasteiger partial charge in [-0.15, -0.1) is 0 Å². The minimum absolute atomic E-state index is 0.723. The van der Waals surface area contributed by atoms with E-state index in [2.05, 4.69) is 45.3 Å². The van der Waals surface area contributed by atoms with Gasteiger partial charge in [0.15, 0.2) is 11.4 Å². The third-order valence-corrected chi connectivity index (χ3v) is 5.47. The van der Waals surface area contributed by atoms with Crippen LogP contribution in [0.25, 0.3) is 11.0 Å². The van der Waals surface area contributed by atoms with Gasteiger partial charge >= 0.3 is 0 Å². The van der Waals surface area contributed by atoms with Crippen LogP contribution in [0.5, 0.6) is 0 Å². The van der Waals surface area contributed by atoms with Crippen LogP contribution in [0, 0.1) is 0 Å². The molecule has 3 aromatic rings. The van der Waals surface area contributed by atoms with E-state index in [9.17, 15) is 0 Å². The number of nitrogens with zero attached hydrogens (tertiary/aromatic N) is 3. The zero-order valence-electron chi connectivity index (χ0n) is 13.7. The van der Waals surface area contributed by atoms with E-state index in [1.165, 1.54) is 18.5 Å². The smallest absolute Gasteiger partial charge is 0.180 e. The molecular formula is C20H21N3O. The Balaban J connectivity index is 1.24. The van der Waals surface area contributed by atoms with Crippen LogP contribution in [-0.4, -0.2) is 42.8 Å². The molecule has 1 aliphatic heterocycles. The quantitative estimate of drug-likeness (QED) is 0.741. The zero-order chi connectivity index (χ0) is 15.9. The third kappa shape index (κ3) is 2.29. The van der Waals surface area contributed by atoms with Gasteiger partial charge in [-0.1, -0.05) is 41.6 Å². The van der Waals surface area contributed by atoms with E-state index in [4.69, 9.17) is 4.52 Å². The monoisotopic (exact) mass is 319 g/mol. The first-order valence-electron chi connectivity index (χ1n) is 8.78. The van der Waals surface area contributed by atoms with Crippen molar-refractivity contribution in [2.75, 3.05) is 37.6 Å². The Labute approximate surface area is 141 Å². The van der Waals surface area contributed by atoms with Gasteiger partial charge in [-0.2, -0.15) is 0 Å². The molecule has 1 unspecified atom stereocenters. The molecule has 1 aliphatic carbocycles. The fraction of sp³-hybridized carbons (Fsp3) is 0.350. The van der Waals surface area contributed by atoms with Crippen molar-refractivity contribution in [2.45, 2.75) is 12.3 Å².